The Morgan fingerprint density at radius 3 is 2.66 bits per heavy atom. The molecule has 2 amide bonds. The number of nitrogens with one attached hydrogen (secondary N) is 2. The summed E-state index contributed by atoms with van der Waals surface area (Å²) in [5.41, 5.74) is 5.32. The molecule has 0 fully saturated rings. The molecule has 1 aliphatic heterocycles. The Morgan fingerprint density at radius 2 is 1.86 bits per heavy atom. The zero-order valence-corrected chi connectivity index (χ0v) is 16.4. The van der Waals surface area contributed by atoms with Gasteiger partial charge >= 0.3 is 0 Å². The van der Waals surface area contributed by atoms with Gasteiger partial charge in [-0.2, -0.15) is 5.10 Å². The zero-order valence-electron chi connectivity index (χ0n) is 16.4. The summed E-state index contributed by atoms with van der Waals surface area (Å²) in [5.74, 6) is -0.152. The molecule has 148 valence electrons. The monoisotopic (exact) mass is 388 g/mol. The van der Waals surface area contributed by atoms with Crippen LogP contribution in [0.1, 0.15) is 38.4 Å². The van der Waals surface area contributed by atoms with Gasteiger partial charge in [-0.1, -0.05) is 54.6 Å². The van der Waals surface area contributed by atoms with Crippen molar-refractivity contribution in [3.8, 4) is 0 Å². The van der Waals surface area contributed by atoms with Gasteiger partial charge in [0.25, 0.3) is 5.91 Å². The number of H-pyrrole nitrogens is 1. The first-order valence-electron chi connectivity index (χ1n) is 9.82. The predicted molar refractivity (Wildman–Crippen MR) is 110 cm³/mol. The normalized spacial score (nSPS) is 13.1. The van der Waals surface area contributed by atoms with Gasteiger partial charge in [0.1, 0.15) is 0 Å². The molecule has 0 radical (unpaired) electrons. The van der Waals surface area contributed by atoms with E-state index in [-0.39, 0.29) is 11.8 Å². The van der Waals surface area contributed by atoms with Gasteiger partial charge in [-0.15, -0.1) is 0 Å². The molecule has 0 spiro atoms. The fourth-order valence-corrected chi connectivity index (χ4v) is 3.64. The first-order chi connectivity index (χ1) is 14.1. The van der Waals surface area contributed by atoms with Crippen molar-refractivity contribution in [1.29, 1.82) is 0 Å². The summed E-state index contributed by atoms with van der Waals surface area (Å²) < 4.78 is 0. The number of aryl methyl sites for hydroxylation is 1. The number of amides is 2. The minimum atomic E-state index is -0.223. The molecular weight excluding hydrogens is 364 g/mol. The molecule has 6 nitrogen and oxygen atoms in total. The van der Waals surface area contributed by atoms with Gasteiger partial charge in [0.2, 0.25) is 5.91 Å². The maximum absolute atomic E-state index is 12.8. The van der Waals surface area contributed by atoms with Gasteiger partial charge in [-0.25, -0.2) is 0 Å². The number of carbonyl (C=O) groups excluding carboxylic acids is 2. The van der Waals surface area contributed by atoms with E-state index in [9.17, 15) is 9.59 Å². The quantitative estimate of drug-likeness (QED) is 0.706. The summed E-state index contributed by atoms with van der Waals surface area (Å²) in [6, 6.07) is 17.7. The molecule has 4 rings (SSSR count). The van der Waals surface area contributed by atoms with Crippen molar-refractivity contribution in [2.24, 2.45) is 0 Å². The molecular formula is C23H24N4O2. The minimum Gasteiger partial charge on any atom is -0.347 e. The molecule has 2 heterocycles. The lowest BCUT2D eigenvalue weighted by molar-refractivity contribution is -0.131. The Kier molecular flexibility index (Phi) is 5.42. The number of rotatable bonds is 5. The average Bonchev–Trinajstić information content (AvgIpc) is 3.18. The first kappa shape index (κ1) is 18.9. The Bertz CT molecular complexity index is 1030. The fourth-order valence-electron chi connectivity index (χ4n) is 3.64. The molecule has 0 aliphatic carbocycles. The van der Waals surface area contributed by atoms with Crippen LogP contribution in [0.15, 0.2) is 54.6 Å². The van der Waals surface area contributed by atoms with E-state index in [1.807, 2.05) is 66.4 Å². The number of hydrogen-bond acceptors (Lipinski definition) is 3. The molecule has 0 bridgehead atoms. The molecule has 29 heavy (non-hydrogen) atoms. The topological polar surface area (TPSA) is 78.1 Å². The third-order valence-electron chi connectivity index (χ3n) is 5.40. The molecule has 0 unspecified atom stereocenters. The van der Waals surface area contributed by atoms with Crippen molar-refractivity contribution >= 4 is 11.8 Å². The second kappa shape index (κ2) is 8.31. The molecule has 2 N–H and O–H groups in total. The summed E-state index contributed by atoms with van der Waals surface area (Å²) in [6.45, 7) is 3.50. The van der Waals surface area contributed by atoms with Crippen LogP contribution in [-0.2, 0) is 30.7 Å². The maximum Gasteiger partial charge on any atom is 0.272 e. The van der Waals surface area contributed by atoms with Crippen LogP contribution in [0.3, 0.4) is 0 Å². The van der Waals surface area contributed by atoms with Gasteiger partial charge < -0.3 is 10.2 Å². The van der Waals surface area contributed by atoms with Crippen LogP contribution in [0.4, 0.5) is 0 Å². The summed E-state index contributed by atoms with van der Waals surface area (Å²) in [5, 5.41) is 10.1. The number of nitrogens with zero attached hydrogens (tertiary/aromatic N) is 2. The van der Waals surface area contributed by atoms with Crippen molar-refractivity contribution in [3.63, 3.8) is 0 Å². The average molecular weight is 388 g/mol. The van der Waals surface area contributed by atoms with Crippen molar-refractivity contribution in [3.05, 3.63) is 88.2 Å². The fraction of sp³-hybridized carbons (Fsp3) is 0.261. The Balaban J connectivity index is 1.43. The SMILES string of the molecule is Cc1ccccc1CC(=O)N1CCc2[nH]nc(C(=O)NCc3ccccc3)c2C1. The molecule has 6 heteroatoms. The standard InChI is InChI=1S/C23H24N4O2/c1-16-7-5-6-10-18(16)13-21(28)27-12-11-20-19(15-27)22(26-25-20)23(29)24-14-17-8-3-2-4-9-17/h2-10H,11-15H2,1H3,(H,24,29)(H,25,26). The third-order valence-corrected chi connectivity index (χ3v) is 5.40. The highest BCUT2D eigenvalue weighted by atomic mass is 16.2. The number of fused-ring (bicyclic) bond motifs is 1. The minimum absolute atomic E-state index is 0.0711. The second-order valence-corrected chi connectivity index (χ2v) is 7.37. The van der Waals surface area contributed by atoms with E-state index < -0.39 is 0 Å². The van der Waals surface area contributed by atoms with E-state index in [2.05, 4.69) is 15.5 Å². The van der Waals surface area contributed by atoms with Crippen molar-refractivity contribution < 1.29 is 9.59 Å². The van der Waals surface area contributed by atoms with Gasteiger partial charge in [0.05, 0.1) is 6.42 Å². The molecule has 0 saturated heterocycles. The van der Waals surface area contributed by atoms with Crippen LogP contribution < -0.4 is 5.32 Å². The first-order valence-corrected chi connectivity index (χ1v) is 9.82. The number of carbonyl (C=O) groups is 2. The number of benzene rings is 2. The summed E-state index contributed by atoms with van der Waals surface area (Å²) in [7, 11) is 0. The highest BCUT2D eigenvalue weighted by Crippen LogP contribution is 2.22. The Labute approximate surface area is 169 Å². The molecule has 2 aromatic carbocycles. The number of aromatic nitrogens is 2. The summed E-state index contributed by atoms with van der Waals surface area (Å²) in [6.07, 6.45) is 1.04. The van der Waals surface area contributed by atoms with E-state index in [4.69, 9.17) is 0 Å². The van der Waals surface area contributed by atoms with Crippen molar-refractivity contribution in [1.82, 2.24) is 20.4 Å². The Hall–Kier alpha value is -3.41. The largest absolute Gasteiger partial charge is 0.347 e. The van der Waals surface area contributed by atoms with Gasteiger partial charge in [-0.3, -0.25) is 14.7 Å². The smallest absolute Gasteiger partial charge is 0.272 e. The Morgan fingerprint density at radius 1 is 1.10 bits per heavy atom. The van der Waals surface area contributed by atoms with Crippen LogP contribution in [0.2, 0.25) is 0 Å². The van der Waals surface area contributed by atoms with Crippen LogP contribution in [0.5, 0.6) is 0 Å². The van der Waals surface area contributed by atoms with Crippen LogP contribution in [-0.4, -0.2) is 33.5 Å². The zero-order chi connectivity index (χ0) is 20.2. The van der Waals surface area contributed by atoms with Crippen LogP contribution in [0, 0.1) is 6.92 Å². The van der Waals surface area contributed by atoms with Gasteiger partial charge in [-0.05, 0) is 23.6 Å². The van der Waals surface area contributed by atoms with Gasteiger partial charge in [0.15, 0.2) is 5.69 Å². The number of hydrogen-bond donors (Lipinski definition) is 2. The van der Waals surface area contributed by atoms with Crippen LogP contribution in [0.25, 0.3) is 0 Å². The summed E-state index contributed by atoms with van der Waals surface area (Å²) >= 11 is 0. The molecule has 0 atom stereocenters. The highest BCUT2D eigenvalue weighted by molar-refractivity contribution is 5.94. The highest BCUT2D eigenvalue weighted by Gasteiger charge is 2.27. The van der Waals surface area contributed by atoms with E-state index in [0.717, 1.165) is 27.9 Å². The lowest BCUT2D eigenvalue weighted by atomic mass is 10.0. The van der Waals surface area contributed by atoms with Gasteiger partial charge in [0, 0.05) is 37.3 Å². The van der Waals surface area contributed by atoms with Crippen molar-refractivity contribution in [2.75, 3.05) is 6.54 Å². The lowest BCUT2D eigenvalue weighted by Crippen LogP contribution is -2.37. The second-order valence-electron chi connectivity index (χ2n) is 7.37. The maximum atomic E-state index is 12.8. The lowest BCUT2D eigenvalue weighted by Gasteiger charge is -2.27. The van der Waals surface area contributed by atoms with E-state index in [1.165, 1.54) is 0 Å². The predicted octanol–water partition coefficient (Wildman–Crippen LogP) is 2.78. The molecule has 1 aromatic heterocycles. The van der Waals surface area contributed by atoms with E-state index in [1.54, 1.807) is 0 Å². The molecule has 1 aliphatic rings. The summed E-state index contributed by atoms with van der Waals surface area (Å²) in [4.78, 5) is 27.3. The number of aromatic amines is 1. The van der Waals surface area contributed by atoms with Crippen molar-refractivity contribution in [2.45, 2.75) is 32.9 Å². The molecule has 0 saturated carbocycles. The van der Waals surface area contributed by atoms with E-state index in [0.29, 0.717) is 38.2 Å². The van der Waals surface area contributed by atoms with E-state index >= 15 is 0 Å². The van der Waals surface area contributed by atoms with Crippen LogP contribution >= 0.6 is 0 Å². The third kappa shape index (κ3) is 4.21. The molecule has 3 aromatic rings.